The van der Waals surface area contributed by atoms with Gasteiger partial charge in [-0.1, -0.05) is 208 Å². The minimum atomic E-state index is -0.117. The van der Waals surface area contributed by atoms with Crippen LogP contribution in [0.1, 0.15) is 47.2 Å². The molecule has 0 atom stereocenters. The molecule has 1 heteroatoms. The quantitative estimate of drug-likeness (QED) is 0.134. The van der Waals surface area contributed by atoms with E-state index in [1.54, 1.807) is 0 Å². The Labute approximate surface area is 354 Å². The van der Waals surface area contributed by atoms with E-state index in [1.807, 2.05) is 0 Å². The van der Waals surface area contributed by atoms with Gasteiger partial charge in [0, 0.05) is 22.4 Å². The van der Waals surface area contributed by atoms with Crippen molar-refractivity contribution < 1.29 is 0 Å². The number of benzene rings is 9. The first-order valence-corrected chi connectivity index (χ1v) is 21.1. The summed E-state index contributed by atoms with van der Waals surface area (Å²) in [7, 11) is 0. The normalized spacial score (nSPS) is 12.4. The largest absolute Gasteiger partial charge is 0.310 e. The molecule has 0 N–H and O–H groups in total. The summed E-state index contributed by atoms with van der Waals surface area (Å²) in [6, 6.07) is 82.3. The molecule has 288 valence electrons. The standard InChI is InChI=1S/C59H47N/c1-59(2)55-31-16-14-29-53(55)54-38-37-49(41-56(54)59)60(57-32-17-15-27-50(57)44-23-10-5-11-24-44)48-35-33-45(34-36-48)51-30-18-26-47(40-43-21-8-4-9-22-43)58(51)52-28-13-12-25-46(52)39-42-19-6-3-7-20-42/h3-38,41H,39-40H2,1-2H3. The van der Waals surface area contributed by atoms with Crippen molar-refractivity contribution in [2.45, 2.75) is 32.1 Å². The Hall–Kier alpha value is -7.22. The molecule has 0 bridgehead atoms. The van der Waals surface area contributed by atoms with Crippen LogP contribution in [0.15, 0.2) is 224 Å². The average molecular weight is 770 g/mol. The Bertz CT molecular complexity index is 2930. The molecular weight excluding hydrogens is 723 g/mol. The van der Waals surface area contributed by atoms with Gasteiger partial charge in [-0.3, -0.25) is 0 Å². The summed E-state index contributed by atoms with van der Waals surface area (Å²) in [6.07, 6.45) is 1.72. The summed E-state index contributed by atoms with van der Waals surface area (Å²) < 4.78 is 0. The van der Waals surface area contributed by atoms with E-state index in [2.05, 4.69) is 243 Å². The van der Waals surface area contributed by atoms with Gasteiger partial charge in [0.15, 0.2) is 0 Å². The van der Waals surface area contributed by atoms with Gasteiger partial charge in [0.2, 0.25) is 0 Å². The maximum absolute atomic E-state index is 2.45. The number of hydrogen-bond acceptors (Lipinski definition) is 1. The van der Waals surface area contributed by atoms with Crippen LogP contribution in [0.5, 0.6) is 0 Å². The zero-order valence-corrected chi connectivity index (χ0v) is 34.2. The fraction of sp³-hybridized carbons (Fsp3) is 0.0847. The minimum absolute atomic E-state index is 0.117. The molecule has 0 unspecified atom stereocenters. The number of nitrogens with zero attached hydrogens (tertiary/aromatic N) is 1. The van der Waals surface area contributed by atoms with E-state index in [-0.39, 0.29) is 5.41 Å². The highest BCUT2D eigenvalue weighted by Gasteiger charge is 2.36. The molecule has 0 aromatic heterocycles. The first kappa shape index (κ1) is 37.1. The maximum atomic E-state index is 2.45. The van der Waals surface area contributed by atoms with Crippen molar-refractivity contribution >= 4 is 17.1 Å². The SMILES string of the molecule is CC1(C)c2ccccc2-c2ccc(N(c3ccc(-c4cccc(Cc5ccccc5)c4-c4ccccc4Cc4ccccc4)cc3)c3ccccc3-c3ccccc3)cc21. The van der Waals surface area contributed by atoms with E-state index < -0.39 is 0 Å². The van der Waals surface area contributed by atoms with Crippen LogP contribution in [0.25, 0.3) is 44.5 Å². The topological polar surface area (TPSA) is 3.24 Å². The maximum Gasteiger partial charge on any atom is 0.0540 e. The van der Waals surface area contributed by atoms with Gasteiger partial charge in [0.05, 0.1) is 5.69 Å². The zero-order chi connectivity index (χ0) is 40.5. The number of anilines is 3. The van der Waals surface area contributed by atoms with E-state index in [0.717, 1.165) is 29.9 Å². The van der Waals surface area contributed by atoms with Gasteiger partial charge in [-0.25, -0.2) is 0 Å². The summed E-state index contributed by atoms with van der Waals surface area (Å²) in [4.78, 5) is 2.45. The van der Waals surface area contributed by atoms with Crippen molar-refractivity contribution in [3.05, 3.63) is 258 Å². The van der Waals surface area contributed by atoms with E-state index in [0.29, 0.717) is 0 Å². The monoisotopic (exact) mass is 769 g/mol. The highest BCUT2D eigenvalue weighted by atomic mass is 15.1. The van der Waals surface area contributed by atoms with Crippen molar-refractivity contribution in [1.82, 2.24) is 0 Å². The highest BCUT2D eigenvalue weighted by Crippen LogP contribution is 2.51. The van der Waals surface area contributed by atoms with Crippen LogP contribution in [0.4, 0.5) is 17.1 Å². The van der Waals surface area contributed by atoms with Crippen LogP contribution >= 0.6 is 0 Å². The Morgan fingerprint density at radius 1 is 0.350 bits per heavy atom. The second-order valence-electron chi connectivity index (χ2n) is 16.5. The molecule has 9 aromatic rings. The molecule has 0 fully saturated rings. The third-order valence-corrected chi connectivity index (χ3v) is 12.4. The third kappa shape index (κ3) is 6.93. The summed E-state index contributed by atoms with van der Waals surface area (Å²) >= 11 is 0. The van der Waals surface area contributed by atoms with Gasteiger partial charge in [0.1, 0.15) is 0 Å². The molecule has 1 aliphatic rings. The van der Waals surface area contributed by atoms with Gasteiger partial charge in [0.25, 0.3) is 0 Å². The smallest absolute Gasteiger partial charge is 0.0540 e. The Kier molecular flexibility index (Phi) is 9.79. The molecule has 0 aliphatic heterocycles. The zero-order valence-electron chi connectivity index (χ0n) is 34.2. The number of hydrogen-bond donors (Lipinski definition) is 0. The molecule has 0 spiro atoms. The van der Waals surface area contributed by atoms with Crippen molar-refractivity contribution in [3.63, 3.8) is 0 Å². The molecule has 1 aliphatic carbocycles. The lowest BCUT2D eigenvalue weighted by molar-refractivity contribution is 0.660. The fourth-order valence-electron chi connectivity index (χ4n) is 9.44. The van der Waals surface area contributed by atoms with Gasteiger partial charge in [-0.15, -0.1) is 0 Å². The first-order chi connectivity index (χ1) is 29.5. The third-order valence-electron chi connectivity index (χ3n) is 12.4. The molecule has 0 saturated carbocycles. The van der Waals surface area contributed by atoms with Gasteiger partial charge >= 0.3 is 0 Å². The second kappa shape index (κ2) is 15.9. The van der Waals surface area contributed by atoms with Crippen LogP contribution in [-0.4, -0.2) is 0 Å². The molecule has 0 radical (unpaired) electrons. The molecule has 1 nitrogen and oxygen atoms in total. The van der Waals surface area contributed by atoms with E-state index in [4.69, 9.17) is 0 Å². The molecule has 9 aromatic carbocycles. The van der Waals surface area contributed by atoms with Gasteiger partial charge in [-0.05, 0) is 115 Å². The van der Waals surface area contributed by atoms with E-state index in [9.17, 15) is 0 Å². The lowest BCUT2D eigenvalue weighted by Gasteiger charge is -2.30. The predicted molar refractivity (Wildman–Crippen MR) is 253 cm³/mol. The van der Waals surface area contributed by atoms with E-state index in [1.165, 1.54) is 77.9 Å². The lowest BCUT2D eigenvalue weighted by Crippen LogP contribution is -2.16. The van der Waals surface area contributed by atoms with Crippen molar-refractivity contribution in [3.8, 4) is 44.5 Å². The van der Waals surface area contributed by atoms with Gasteiger partial charge in [-0.2, -0.15) is 0 Å². The Morgan fingerprint density at radius 2 is 0.850 bits per heavy atom. The van der Waals surface area contributed by atoms with Crippen molar-refractivity contribution in [2.75, 3.05) is 4.90 Å². The van der Waals surface area contributed by atoms with Crippen LogP contribution < -0.4 is 4.90 Å². The van der Waals surface area contributed by atoms with Gasteiger partial charge < -0.3 is 4.90 Å². The highest BCUT2D eigenvalue weighted by molar-refractivity contribution is 5.92. The van der Waals surface area contributed by atoms with Crippen LogP contribution in [0.3, 0.4) is 0 Å². The second-order valence-corrected chi connectivity index (χ2v) is 16.5. The Morgan fingerprint density at radius 3 is 1.57 bits per heavy atom. The fourth-order valence-corrected chi connectivity index (χ4v) is 9.44. The summed E-state index contributed by atoms with van der Waals surface area (Å²) in [5, 5.41) is 0. The number of para-hydroxylation sites is 1. The summed E-state index contributed by atoms with van der Waals surface area (Å²) in [6.45, 7) is 4.72. The minimum Gasteiger partial charge on any atom is -0.310 e. The molecule has 0 heterocycles. The molecule has 10 rings (SSSR count). The predicted octanol–water partition coefficient (Wildman–Crippen LogP) is 15.6. The number of rotatable bonds is 10. The molecule has 0 amide bonds. The van der Waals surface area contributed by atoms with Crippen molar-refractivity contribution in [2.24, 2.45) is 0 Å². The number of fused-ring (bicyclic) bond motifs is 3. The lowest BCUT2D eigenvalue weighted by atomic mass is 9.82. The van der Waals surface area contributed by atoms with Crippen molar-refractivity contribution in [1.29, 1.82) is 0 Å². The summed E-state index contributed by atoms with van der Waals surface area (Å²) in [5.41, 5.74) is 21.3. The van der Waals surface area contributed by atoms with Crippen LogP contribution in [0.2, 0.25) is 0 Å². The van der Waals surface area contributed by atoms with Crippen LogP contribution in [-0.2, 0) is 18.3 Å². The van der Waals surface area contributed by atoms with E-state index >= 15 is 0 Å². The first-order valence-electron chi connectivity index (χ1n) is 21.1. The Balaban J connectivity index is 1.12. The summed E-state index contributed by atoms with van der Waals surface area (Å²) in [5.74, 6) is 0. The van der Waals surface area contributed by atoms with Crippen LogP contribution in [0, 0.1) is 0 Å². The average Bonchev–Trinajstić information content (AvgIpc) is 3.53. The molecule has 0 saturated heterocycles. The molecule has 60 heavy (non-hydrogen) atoms. The molecular formula is C59H47N.